The van der Waals surface area contributed by atoms with Crippen molar-refractivity contribution in [1.82, 2.24) is 5.32 Å². The van der Waals surface area contributed by atoms with Crippen LogP contribution in [-0.4, -0.2) is 24.2 Å². The third-order valence-corrected chi connectivity index (χ3v) is 3.33. The number of carbonyl (C=O) groups excluding carboxylic acids is 1. The quantitative estimate of drug-likeness (QED) is 0.773. The van der Waals surface area contributed by atoms with Crippen LogP contribution in [0.3, 0.4) is 0 Å². The number of carbonyl (C=O) groups is 1. The van der Waals surface area contributed by atoms with E-state index in [0.717, 1.165) is 16.9 Å². The summed E-state index contributed by atoms with van der Waals surface area (Å²) in [6.45, 7) is 2.33. The van der Waals surface area contributed by atoms with Crippen LogP contribution in [0.5, 0.6) is 5.75 Å². The zero-order valence-corrected chi connectivity index (χ0v) is 13.1. The molecule has 120 valence electrons. The first-order valence-corrected chi connectivity index (χ1v) is 7.60. The second-order valence-electron chi connectivity index (χ2n) is 4.96. The van der Waals surface area contributed by atoms with Crippen molar-refractivity contribution in [3.8, 4) is 5.75 Å². The Hall–Kier alpha value is -2.59. The topological polar surface area (TPSA) is 58.6 Å². The monoisotopic (exact) mass is 311 g/mol. The summed E-state index contributed by atoms with van der Waals surface area (Å²) in [5.74, 6) is 0.472. The molecule has 0 saturated carbocycles. The van der Waals surface area contributed by atoms with Gasteiger partial charge in [-0.1, -0.05) is 48.5 Å². The van der Waals surface area contributed by atoms with E-state index in [9.17, 15) is 9.90 Å². The molecule has 0 aliphatic rings. The van der Waals surface area contributed by atoms with Crippen molar-refractivity contribution in [3.05, 3.63) is 71.8 Å². The lowest BCUT2D eigenvalue weighted by atomic mass is 10.1. The van der Waals surface area contributed by atoms with Gasteiger partial charge in [0.1, 0.15) is 5.75 Å². The average molecular weight is 311 g/mol. The molecular formula is C19H21NO3. The molecule has 0 saturated heterocycles. The number of nitrogens with one attached hydrogen (secondary N) is 1. The lowest BCUT2D eigenvalue weighted by molar-refractivity contribution is -0.117. The molecule has 2 N–H and O–H groups in total. The van der Waals surface area contributed by atoms with Crippen LogP contribution >= 0.6 is 0 Å². The van der Waals surface area contributed by atoms with Crippen molar-refractivity contribution in [2.45, 2.75) is 13.0 Å². The van der Waals surface area contributed by atoms with Gasteiger partial charge in [-0.25, -0.2) is 0 Å². The van der Waals surface area contributed by atoms with Crippen LogP contribution in [-0.2, 0) is 4.79 Å². The fourth-order valence-corrected chi connectivity index (χ4v) is 2.21. The van der Waals surface area contributed by atoms with Gasteiger partial charge in [0.05, 0.1) is 19.3 Å². The third-order valence-electron chi connectivity index (χ3n) is 3.33. The normalized spacial score (nSPS) is 12.1. The Bertz CT molecular complexity index is 653. The van der Waals surface area contributed by atoms with Crippen LogP contribution in [0.15, 0.2) is 60.7 Å². The minimum absolute atomic E-state index is 0.154. The first kappa shape index (κ1) is 16.8. The van der Waals surface area contributed by atoms with E-state index in [1.54, 1.807) is 6.08 Å². The average Bonchev–Trinajstić information content (AvgIpc) is 2.60. The predicted molar refractivity (Wildman–Crippen MR) is 91.1 cm³/mol. The van der Waals surface area contributed by atoms with Gasteiger partial charge >= 0.3 is 0 Å². The van der Waals surface area contributed by atoms with E-state index in [1.165, 1.54) is 6.08 Å². The summed E-state index contributed by atoms with van der Waals surface area (Å²) in [5, 5.41) is 12.3. The van der Waals surface area contributed by atoms with E-state index < -0.39 is 6.04 Å². The maximum Gasteiger partial charge on any atom is 0.244 e. The summed E-state index contributed by atoms with van der Waals surface area (Å²) in [5.41, 5.74) is 1.70. The molecule has 2 aromatic carbocycles. The number of para-hydroxylation sites is 1. The molecule has 0 aliphatic carbocycles. The summed E-state index contributed by atoms with van der Waals surface area (Å²) >= 11 is 0. The first-order chi connectivity index (χ1) is 11.2. The van der Waals surface area contributed by atoms with Crippen molar-refractivity contribution in [1.29, 1.82) is 0 Å². The molecule has 0 radical (unpaired) electrons. The summed E-state index contributed by atoms with van der Waals surface area (Å²) < 4.78 is 5.52. The predicted octanol–water partition coefficient (Wildman–Crippen LogP) is 2.95. The highest BCUT2D eigenvalue weighted by molar-refractivity contribution is 5.92. The third kappa shape index (κ3) is 4.97. The van der Waals surface area contributed by atoms with Crippen LogP contribution in [0.2, 0.25) is 0 Å². The minimum atomic E-state index is -0.421. The second kappa shape index (κ2) is 8.76. The smallest absolute Gasteiger partial charge is 0.244 e. The van der Waals surface area contributed by atoms with Crippen LogP contribution in [0.25, 0.3) is 6.08 Å². The highest BCUT2D eigenvalue weighted by Crippen LogP contribution is 2.19. The maximum atomic E-state index is 12.1. The molecule has 2 rings (SSSR count). The molecule has 1 unspecified atom stereocenters. The number of ether oxygens (including phenoxy) is 1. The molecule has 0 aromatic heterocycles. The molecule has 1 atom stereocenters. The number of hydrogen-bond acceptors (Lipinski definition) is 3. The number of aliphatic hydroxyl groups excluding tert-OH is 1. The van der Waals surface area contributed by atoms with Gasteiger partial charge in [-0.15, -0.1) is 0 Å². The SMILES string of the molecule is CCOc1ccccc1/C=C/C(=O)NC(CO)c1ccccc1. The molecule has 23 heavy (non-hydrogen) atoms. The molecular weight excluding hydrogens is 290 g/mol. The molecule has 0 fully saturated rings. The van der Waals surface area contributed by atoms with Gasteiger partial charge in [-0.05, 0) is 24.6 Å². The Balaban J connectivity index is 2.04. The Labute approximate surface area is 136 Å². The number of aliphatic hydroxyl groups is 1. The van der Waals surface area contributed by atoms with E-state index in [4.69, 9.17) is 4.74 Å². The lowest BCUT2D eigenvalue weighted by Crippen LogP contribution is -2.29. The van der Waals surface area contributed by atoms with Crippen molar-refractivity contribution in [2.75, 3.05) is 13.2 Å². The molecule has 4 heteroatoms. The standard InChI is InChI=1S/C19H21NO3/c1-2-23-18-11-7-6-10-16(18)12-13-19(22)20-17(14-21)15-8-4-3-5-9-15/h3-13,17,21H,2,14H2,1H3,(H,20,22)/b13-12+. The first-order valence-electron chi connectivity index (χ1n) is 7.60. The maximum absolute atomic E-state index is 12.1. The number of amides is 1. The van der Waals surface area contributed by atoms with Gasteiger partial charge in [0.25, 0.3) is 0 Å². The second-order valence-corrected chi connectivity index (χ2v) is 4.96. The van der Waals surface area contributed by atoms with Crippen LogP contribution in [0.4, 0.5) is 0 Å². The van der Waals surface area contributed by atoms with E-state index >= 15 is 0 Å². The largest absolute Gasteiger partial charge is 0.493 e. The highest BCUT2D eigenvalue weighted by atomic mass is 16.5. The Morgan fingerprint density at radius 3 is 2.57 bits per heavy atom. The van der Waals surface area contributed by atoms with Crippen molar-refractivity contribution >= 4 is 12.0 Å². The van der Waals surface area contributed by atoms with Gasteiger partial charge < -0.3 is 15.2 Å². The van der Waals surface area contributed by atoms with Crippen molar-refractivity contribution < 1.29 is 14.6 Å². The van der Waals surface area contributed by atoms with Crippen molar-refractivity contribution in [2.24, 2.45) is 0 Å². The van der Waals surface area contributed by atoms with Gasteiger partial charge in [0.2, 0.25) is 5.91 Å². The Morgan fingerprint density at radius 2 is 1.87 bits per heavy atom. The van der Waals surface area contributed by atoms with Crippen molar-refractivity contribution in [3.63, 3.8) is 0 Å². The van der Waals surface area contributed by atoms with E-state index in [2.05, 4.69) is 5.32 Å². The molecule has 4 nitrogen and oxygen atoms in total. The molecule has 0 bridgehead atoms. The summed E-state index contributed by atoms with van der Waals surface area (Å²) in [7, 11) is 0. The number of hydrogen-bond donors (Lipinski definition) is 2. The number of benzene rings is 2. The lowest BCUT2D eigenvalue weighted by Gasteiger charge is -2.15. The fraction of sp³-hybridized carbons (Fsp3) is 0.211. The molecule has 0 aliphatic heterocycles. The van der Waals surface area contributed by atoms with Crippen LogP contribution < -0.4 is 10.1 Å². The fourth-order valence-electron chi connectivity index (χ4n) is 2.21. The van der Waals surface area contributed by atoms with Gasteiger partial charge in [-0.2, -0.15) is 0 Å². The van der Waals surface area contributed by atoms with E-state index in [-0.39, 0.29) is 12.5 Å². The minimum Gasteiger partial charge on any atom is -0.493 e. The Morgan fingerprint density at radius 1 is 1.17 bits per heavy atom. The van der Waals surface area contributed by atoms with Crippen LogP contribution in [0.1, 0.15) is 24.1 Å². The Kier molecular flexibility index (Phi) is 6.39. The summed E-state index contributed by atoms with van der Waals surface area (Å²) in [6.07, 6.45) is 3.16. The van der Waals surface area contributed by atoms with E-state index in [1.807, 2.05) is 61.5 Å². The molecule has 1 amide bonds. The summed E-state index contributed by atoms with van der Waals surface area (Å²) in [6, 6.07) is 16.5. The molecule has 0 spiro atoms. The number of rotatable bonds is 7. The van der Waals surface area contributed by atoms with Crippen LogP contribution in [0, 0.1) is 0 Å². The zero-order valence-electron chi connectivity index (χ0n) is 13.1. The van der Waals surface area contributed by atoms with Gasteiger partial charge in [0.15, 0.2) is 0 Å². The van der Waals surface area contributed by atoms with Gasteiger partial charge in [0, 0.05) is 11.6 Å². The summed E-state index contributed by atoms with van der Waals surface area (Å²) in [4.78, 5) is 12.1. The highest BCUT2D eigenvalue weighted by Gasteiger charge is 2.11. The zero-order chi connectivity index (χ0) is 16.5. The molecule has 0 heterocycles. The van der Waals surface area contributed by atoms with Gasteiger partial charge in [-0.3, -0.25) is 4.79 Å². The molecule has 2 aromatic rings. The van der Waals surface area contributed by atoms with E-state index in [0.29, 0.717) is 6.61 Å².